The molecule has 0 bridgehead atoms. The van der Waals surface area contributed by atoms with E-state index in [4.69, 9.17) is 9.84 Å². The number of rotatable bonds is 7. The number of aryl methyl sites for hydroxylation is 2. The number of nitrogens with one attached hydrogen (secondary N) is 1. The number of carboxylic acid groups (broad SMARTS) is 1. The van der Waals surface area contributed by atoms with Gasteiger partial charge in [0.2, 0.25) is 5.91 Å². The minimum absolute atomic E-state index is 0.262. The second-order valence-electron chi connectivity index (χ2n) is 4.39. The van der Waals surface area contributed by atoms with Crippen molar-refractivity contribution in [3.05, 3.63) is 29.3 Å². The van der Waals surface area contributed by atoms with Crippen LogP contribution in [0.2, 0.25) is 0 Å². The zero-order valence-corrected chi connectivity index (χ0v) is 11.2. The smallest absolute Gasteiger partial charge is 0.322 e. The van der Waals surface area contributed by atoms with Crippen molar-refractivity contribution in [2.75, 3.05) is 13.2 Å². The highest BCUT2D eigenvalue weighted by atomic mass is 16.5. The molecule has 0 saturated carbocycles. The van der Waals surface area contributed by atoms with Gasteiger partial charge in [-0.2, -0.15) is 0 Å². The zero-order chi connectivity index (χ0) is 14.3. The minimum Gasteiger partial charge on any atom is -0.493 e. The van der Waals surface area contributed by atoms with E-state index in [2.05, 4.69) is 5.32 Å². The zero-order valence-electron chi connectivity index (χ0n) is 11.2. The number of aliphatic carboxylic acids is 1. The number of carbonyl (C=O) groups excluding carboxylic acids is 1. The highest BCUT2D eigenvalue weighted by Gasteiger charge is 2.04. The van der Waals surface area contributed by atoms with Crippen molar-refractivity contribution in [2.45, 2.75) is 26.7 Å². The molecular weight excluding hydrogens is 246 g/mol. The van der Waals surface area contributed by atoms with Gasteiger partial charge in [-0.15, -0.1) is 0 Å². The van der Waals surface area contributed by atoms with Crippen molar-refractivity contribution in [3.8, 4) is 5.75 Å². The van der Waals surface area contributed by atoms with E-state index >= 15 is 0 Å². The molecule has 0 atom stereocenters. The molecular formula is C14H19NO4. The van der Waals surface area contributed by atoms with Crippen molar-refractivity contribution in [1.29, 1.82) is 0 Å². The summed E-state index contributed by atoms with van der Waals surface area (Å²) in [5.74, 6) is -0.497. The Balaban J connectivity index is 2.23. The number of amides is 1. The first-order valence-electron chi connectivity index (χ1n) is 6.17. The van der Waals surface area contributed by atoms with E-state index in [1.807, 2.05) is 32.0 Å². The van der Waals surface area contributed by atoms with Crippen LogP contribution in [-0.4, -0.2) is 30.1 Å². The molecule has 0 aliphatic rings. The Labute approximate surface area is 112 Å². The van der Waals surface area contributed by atoms with Gasteiger partial charge in [0, 0.05) is 6.42 Å². The van der Waals surface area contributed by atoms with Gasteiger partial charge in [0.1, 0.15) is 12.3 Å². The molecule has 1 amide bonds. The topological polar surface area (TPSA) is 75.6 Å². The van der Waals surface area contributed by atoms with Gasteiger partial charge < -0.3 is 15.2 Å². The van der Waals surface area contributed by atoms with E-state index in [1.54, 1.807) is 0 Å². The Bertz CT molecular complexity index is 457. The van der Waals surface area contributed by atoms with Crippen LogP contribution in [0.25, 0.3) is 0 Å². The van der Waals surface area contributed by atoms with Gasteiger partial charge in [-0.1, -0.05) is 17.7 Å². The summed E-state index contributed by atoms with van der Waals surface area (Å²) in [6.07, 6.45) is 0.816. The normalized spacial score (nSPS) is 10.0. The molecule has 0 heterocycles. The maximum Gasteiger partial charge on any atom is 0.322 e. The lowest BCUT2D eigenvalue weighted by molar-refractivity contribution is -0.137. The lowest BCUT2D eigenvalue weighted by Gasteiger charge is -2.09. The highest BCUT2D eigenvalue weighted by molar-refractivity contribution is 5.80. The second kappa shape index (κ2) is 7.41. The van der Waals surface area contributed by atoms with Gasteiger partial charge in [0.05, 0.1) is 6.61 Å². The Morgan fingerprint density at radius 2 is 2.05 bits per heavy atom. The standard InChI is InChI=1S/C14H19NO4/c1-10-5-6-12(11(2)8-10)19-7-3-4-13(16)15-9-14(17)18/h5-6,8H,3-4,7,9H2,1-2H3,(H,15,16)(H,17,18). The van der Waals surface area contributed by atoms with Crippen LogP contribution < -0.4 is 10.1 Å². The second-order valence-corrected chi connectivity index (χ2v) is 4.39. The fourth-order valence-corrected chi connectivity index (χ4v) is 1.64. The van der Waals surface area contributed by atoms with Crippen molar-refractivity contribution < 1.29 is 19.4 Å². The maximum absolute atomic E-state index is 11.2. The third-order valence-corrected chi connectivity index (χ3v) is 2.57. The average molecular weight is 265 g/mol. The lowest BCUT2D eigenvalue weighted by atomic mass is 10.1. The average Bonchev–Trinajstić information content (AvgIpc) is 2.34. The summed E-state index contributed by atoms with van der Waals surface area (Å²) in [6, 6.07) is 5.92. The molecule has 0 radical (unpaired) electrons. The summed E-state index contributed by atoms with van der Waals surface area (Å²) in [6.45, 7) is 4.09. The third kappa shape index (κ3) is 5.90. The molecule has 5 nitrogen and oxygen atoms in total. The Morgan fingerprint density at radius 3 is 2.68 bits per heavy atom. The van der Waals surface area contributed by atoms with Crippen molar-refractivity contribution >= 4 is 11.9 Å². The van der Waals surface area contributed by atoms with Crippen LogP contribution in [0, 0.1) is 13.8 Å². The van der Waals surface area contributed by atoms with Crippen LogP contribution in [-0.2, 0) is 9.59 Å². The van der Waals surface area contributed by atoms with E-state index in [0.717, 1.165) is 11.3 Å². The predicted molar refractivity (Wildman–Crippen MR) is 71.3 cm³/mol. The fourth-order valence-electron chi connectivity index (χ4n) is 1.64. The summed E-state index contributed by atoms with van der Waals surface area (Å²) in [7, 11) is 0. The van der Waals surface area contributed by atoms with Gasteiger partial charge in [-0.05, 0) is 31.9 Å². The molecule has 1 aromatic carbocycles. The molecule has 19 heavy (non-hydrogen) atoms. The largest absolute Gasteiger partial charge is 0.493 e. The maximum atomic E-state index is 11.2. The van der Waals surface area contributed by atoms with Crippen LogP contribution in [0.3, 0.4) is 0 Å². The first kappa shape index (κ1) is 15.0. The van der Waals surface area contributed by atoms with E-state index in [0.29, 0.717) is 13.0 Å². The molecule has 5 heteroatoms. The minimum atomic E-state index is -1.04. The number of ether oxygens (including phenoxy) is 1. The molecule has 0 aliphatic heterocycles. The molecule has 0 spiro atoms. The first-order chi connectivity index (χ1) is 8.99. The van der Waals surface area contributed by atoms with E-state index in [1.165, 1.54) is 5.56 Å². The number of hydrogen-bond acceptors (Lipinski definition) is 3. The molecule has 0 saturated heterocycles. The van der Waals surface area contributed by atoms with Crippen LogP contribution in [0.4, 0.5) is 0 Å². The quantitative estimate of drug-likeness (QED) is 0.735. The molecule has 1 rings (SSSR count). The van der Waals surface area contributed by atoms with Gasteiger partial charge in [0.25, 0.3) is 0 Å². The molecule has 1 aromatic rings. The molecule has 2 N–H and O–H groups in total. The molecule has 0 aliphatic carbocycles. The number of hydrogen-bond donors (Lipinski definition) is 2. The summed E-state index contributed by atoms with van der Waals surface area (Å²) in [4.78, 5) is 21.5. The summed E-state index contributed by atoms with van der Waals surface area (Å²) >= 11 is 0. The van der Waals surface area contributed by atoms with Crippen LogP contribution >= 0.6 is 0 Å². The number of carbonyl (C=O) groups is 2. The Kier molecular flexibility index (Phi) is 5.85. The van der Waals surface area contributed by atoms with Gasteiger partial charge in [-0.3, -0.25) is 9.59 Å². The van der Waals surface area contributed by atoms with Crippen molar-refractivity contribution in [3.63, 3.8) is 0 Å². The Hall–Kier alpha value is -2.04. The fraction of sp³-hybridized carbons (Fsp3) is 0.429. The van der Waals surface area contributed by atoms with Crippen LogP contribution in [0.1, 0.15) is 24.0 Å². The van der Waals surface area contributed by atoms with Crippen molar-refractivity contribution in [2.24, 2.45) is 0 Å². The summed E-state index contributed by atoms with van der Waals surface area (Å²) in [5.41, 5.74) is 2.24. The van der Waals surface area contributed by atoms with E-state index in [9.17, 15) is 9.59 Å². The summed E-state index contributed by atoms with van der Waals surface area (Å²) in [5, 5.41) is 10.7. The van der Waals surface area contributed by atoms with Gasteiger partial charge >= 0.3 is 5.97 Å². The first-order valence-corrected chi connectivity index (χ1v) is 6.17. The Morgan fingerprint density at radius 1 is 1.32 bits per heavy atom. The van der Waals surface area contributed by atoms with Gasteiger partial charge in [-0.25, -0.2) is 0 Å². The summed E-state index contributed by atoms with van der Waals surface area (Å²) < 4.78 is 5.57. The SMILES string of the molecule is Cc1ccc(OCCCC(=O)NCC(=O)O)c(C)c1. The lowest BCUT2D eigenvalue weighted by Crippen LogP contribution is -2.29. The number of benzene rings is 1. The van der Waals surface area contributed by atoms with Gasteiger partial charge in [0.15, 0.2) is 0 Å². The van der Waals surface area contributed by atoms with Crippen molar-refractivity contribution in [1.82, 2.24) is 5.32 Å². The molecule has 0 aromatic heterocycles. The third-order valence-electron chi connectivity index (χ3n) is 2.57. The predicted octanol–water partition coefficient (Wildman–Crippen LogP) is 1.66. The molecule has 0 unspecified atom stereocenters. The van der Waals surface area contributed by atoms with E-state index in [-0.39, 0.29) is 18.9 Å². The molecule has 104 valence electrons. The van der Waals surface area contributed by atoms with E-state index < -0.39 is 5.97 Å². The highest BCUT2D eigenvalue weighted by Crippen LogP contribution is 2.18. The monoisotopic (exact) mass is 265 g/mol. The van der Waals surface area contributed by atoms with Crippen LogP contribution in [0.15, 0.2) is 18.2 Å². The molecule has 0 fully saturated rings. The number of carboxylic acids is 1. The van der Waals surface area contributed by atoms with Crippen LogP contribution in [0.5, 0.6) is 5.75 Å².